The molecule has 0 saturated heterocycles. The van der Waals surface area contributed by atoms with Gasteiger partial charge in [0.05, 0.1) is 11.1 Å². The van der Waals surface area contributed by atoms with Gasteiger partial charge in [0.2, 0.25) is 0 Å². The number of nitrogens with zero attached hydrogens (tertiary/aromatic N) is 2. The molecule has 25 heavy (non-hydrogen) atoms. The van der Waals surface area contributed by atoms with E-state index in [1.807, 2.05) is 30.3 Å². The molecule has 0 aliphatic heterocycles. The van der Waals surface area contributed by atoms with E-state index in [0.717, 1.165) is 26.8 Å². The number of benzene rings is 1. The molecule has 3 aromatic heterocycles. The lowest BCUT2D eigenvalue weighted by Crippen LogP contribution is -2.12. The summed E-state index contributed by atoms with van der Waals surface area (Å²) in [5, 5.41) is 13.0. The van der Waals surface area contributed by atoms with Crippen LogP contribution in [0.3, 0.4) is 0 Å². The lowest BCUT2D eigenvalue weighted by Gasteiger charge is -2.05. The van der Waals surface area contributed by atoms with Gasteiger partial charge >= 0.3 is 0 Å². The lowest BCUT2D eigenvalue weighted by molar-refractivity contribution is 0.102. The molecule has 0 bridgehead atoms. The highest BCUT2D eigenvalue weighted by Crippen LogP contribution is 2.38. The molecule has 1 amide bonds. The number of H-pyrrole nitrogens is 1. The second-order valence-corrected chi connectivity index (χ2v) is 6.55. The van der Waals surface area contributed by atoms with E-state index in [9.17, 15) is 4.79 Å². The first-order valence-electron chi connectivity index (χ1n) is 7.63. The molecule has 4 aromatic rings. The Hall–Kier alpha value is -3.19. The monoisotopic (exact) mass is 350 g/mol. The second-order valence-electron chi connectivity index (χ2n) is 5.50. The van der Waals surface area contributed by atoms with Crippen LogP contribution in [0.4, 0.5) is 5.69 Å². The fraction of sp³-hybridized carbons (Fsp3) is 0.0556. The minimum absolute atomic E-state index is 0.217. The Balaban J connectivity index is 1.55. The van der Waals surface area contributed by atoms with Crippen molar-refractivity contribution in [1.29, 1.82) is 0 Å². The summed E-state index contributed by atoms with van der Waals surface area (Å²) in [6.45, 7) is 2.07. The maximum absolute atomic E-state index is 12.0. The van der Waals surface area contributed by atoms with Crippen molar-refractivity contribution in [3.63, 3.8) is 0 Å². The largest absolute Gasteiger partial charge is 0.355 e. The summed E-state index contributed by atoms with van der Waals surface area (Å²) in [4.78, 5) is 14.2. The SMILES string of the molecule is Cc1cc(-c2ccno2)sc1-c1ccc(NC(=O)c2ccn[nH]2)cc1. The van der Waals surface area contributed by atoms with Gasteiger partial charge in [-0.05, 0) is 42.3 Å². The van der Waals surface area contributed by atoms with E-state index in [1.165, 1.54) is 5.56 Å². The molecule has 0 spiro atoms. The number of hydrogen-bond acceptors (Lipinski definition) is 5. The molecule has 7 heteroatoms. The van der Waals surface area contributed by atoms with Gasteiger partial charge in [0.1, 0.15) is 5.69 Å². The molecule has 0 fully saturated rings. The Morgan fingerprint density at radius 3 is 2.68 bits per heavy atom. The second kappa shape index (κ2) is 6.37. The molecule has 0 radical (unpaired) electrons. The molecule has 1 aromatic carbocycles. The number of aromatic amines is 1. The number of carbonyl (C=O) groups is 1. The molecule has 0 saturated carbocycles. The van der Waals surface area contributed by atoms with Gasteiger partial charge in [0.25, 0.3) is 5.91 Å². The molecule has 0 aliphatic carbocycles. The Morgan fingerprint density at radius 2 is 2.00 bits per heavy atom. The summed E-state index contributed by atoms with van der Waals surface area (Å²) in [6, 6.07) is 13.3. The minimum Gasteiger partial charge on any atom is -0.355 e. The first-order valence-corrected chi connectivity index (χ1v) is 8.45. The van der Waals surface area contributed by atoms with Crippen LogP contribution >= 0.6 is 11.3 Å². The quantitative estimate of drug-likeness (QED) is 0.573. The van der Waals surface area contributed by atoms with E-state index in [2.05, 4.69) is 33.7 Å². The Labute approximate surface area is 147 Å². The minimum atomic E-state index is -0.217. The van der Waals surface area contributed by atoms with E-state index < -0.39 is 0 Å². The molecular formula is C18H14N4O2S. The maximum atomic E-state index is 12.0. The molecule has 2 N–H and O–H groups in total. The van der Waals surface area contributed by atoms with E-state index in [1.54, 1.807) is 29.8 Å². The zero-order valence-corrected chi connectivity index (χ0v) is 14.1. The summed E-state index contributed by atoms with van der Waals surface area (Å²) in [5.41, 5.74) is 3.42. The number of hydrogen-bond donors (Lipinski definition) is 2. The van der Waals surface area contributed by atoms with E-state index in [4.69, 9.17) is 4.52 Å². The van der Waals surface area contributed by atoms with Gasteiger partial charge in [-0.15, -0.1) is 11.3 Å². The van der Waals surface area contributed by atoms with Crippen molar-refractivity contribution in [2.75, 3.05) is 5.32 Å². The third-order valence-corrected chi connectivity index (χ3v) is 5.05. The zero-order chi connectivity index (χ0) is 17.2. The van der Waals surface area contributed by atoms with E-state index >= 15 is 0 Å². The van der Waals surface area contributed by atoms with Crippen molar-refractivity contribution >= 4 is 22.9 Å². The fourth-order valence-corrected chi connectivity index (χ4v) is 3.65. The number of aromatic nitrogens is 3. The van der Waals surface area contributed by atoms with Crippen LogP contribution in [0, 0.1) is 6.92 Å². The van der Waals surface area contributed by atoms with E-state index in [-0.39, 0.29) is 5.91 Å². The van der Waals surface area contributed by atoms with Gasteiger partial charge in [0.15, 0.2) is 5.76 Å². The van der Waals surface area contributed by atoms with Crippen molar-refractivity contribution < 1.29 is 9.32 Å². The van der Waals surface area contributed by atoms with Crippen molar-refractivity contribution in [3.8, 4) is 21.1 Å². The molecule has 0 unspecified atom stereocenters. The van der Waals surface area contributed by atoms with Gasteiger partial charge < -0.3 is 9.84 Å². The van der Waals surface area contributed by atoms with Gasteiger partial charge in [0, 0.05) is 22.8 Å². The van der Waals surface area contributed by atoms with Crippen molar-refractivity contribution in [2.45, 2.75) is 6.92 Å². The normalized spacial score (nSPS) is 10.8. The molecule has 3 heterocycles. The van der Waals surface area contributed by atoms with Crippen molar-refractivity contribution in [1.82, 2.24) is 15.4 Å². The first-order chi connectivity index (χ1) is 12.2. The highest BCUT2D eigenvalue weighted by Gasteiger charge is 2.12. The van der Waals surface area contributed by atoms with Crippen LogP contribution in [-0.4, -0.2) is 21.3 Å². The maximum Gasteiger partial charge on any atom is 0.273 e. The molecule has 124 valence electrons. The topological polar surface area (TPSA) is 83.8 Å². The number of carbonyl (C=O) groups excluding carboxylic acids is 1. The summed E-state index contributed by atoms with van der Waals surface area (Å²) in [5.74, 6) is 0.549. The third kappa shape index (κ3) is 3.09. The Bertz CT molecular complexity index is 987. The summed E-state index contributed by atoms with van der Waals surface area (Å²) >= 11 is 1.65. The van der Waals surface area contributed by atoms with Crippen molar-refractivity contribution in [2.24, 2.45) is 0 Å². The molecule has 0 aliphatic rings. The number of thiophene rings is 1. The van der Waals surface area contributed by atoms with Crippen LogP contribution in [-0.2, 0) is 0 Å². The van der Waals surface area contributed by atoms with Gasteiger partial charge in [-0.3, -0.25) is 9.89 Å². The number of anilines is 1. The Morgan fingerprint density at radius 1 is 1.16 bits per heavy atom. The van der Waals surface area contributed by atoms with Gasteiger partial charge in [-0.25, -0.2) is 0 Å². The average molecular weight is 350 g/mol. The van der Waals surface area contributed by atoms with Crippen LogP contribution in [0.2, 0.25) is 0 Å². The third-order valence-electron chi connectivity index (χ3n) is 3.75. The molecular weight excluding hydrogens is 336 g/mol. The molecule has 0 atom stereocenters. The lowest BCUT2D eigenvalue weighted by atomic mass is 10.1. The first kappa shape index (κ1) is 15.3. The predicted octanol–water partition coefficient (Wildman–Crippen LogP) is 4.35. The standard InChI is InChI=1S/C18H14N4O2S/c1-11-10-16(15-7-9-20-24-15)25-17(11)12-2-4-13(5-3-12)21-18(23)14-6-8-19-22-14/h2-10H,1H3,(H,19,22)(H,21,23). The van der Waals surface area contributed by atoms with E-state index in [0.29, 0.717) is 5.69 Å². The zero-order valence-electron chi connectivity index (χ0n) is 13.3. The smallest absolute Gasteiger partial charge is 0.273 e. The molecule has 6 nitrogen and oxygen atoms in total. The average Bonchev–Trinajstić information content (AvgIpc) is 3.37. The predicted molar refractivity (Wildman–Crippen MR) is 96.5 cm³/mol. The van der Waals surface area contributed by atoms with Crippen LogP contribution in [0.1, 0.15) is 16.1 Å². The van der Waals surface area contributed by atoms with Gasteiger partial charge in [-0.2, -0.15) is 5.10 Å². The summed E-state index contributed by atoms with van der Waals surface area (Å²) in [7, 11) is 0. The number of nitrogens with one attached hydrogen (secondary N) is 2. The van der Waals surface area contributed by atoms with Crippen molar-refractivity contribution in [3.05, 3.63) is 66.1 Å². The summed E-state index contributed by atoms with van der Waals surface area (Å²) < 4.78 is 5.23. The van der Waals surface area contributed by atoms with Crippen LogP contribution < -0.4 is 5.32 Å². The molecule has 4 rings (SSSR count). The Kier molecular flexibility index (Phi) is 3.91. The fourth-order valence-electron chi connectivity index (χ4n) is 2.52. The summed E-state index contributed by atoms with van der Waals surface area (Å²) in [6.07, 6.45) is 3.19. The number of aryl methyl sites for hydroxylation is 1. The van der Waals surface area contributed by atoms with Gasteiger partial charge in [-0.1, -0.05) is 17.3 Å². The van der Waals surface area contributed by atoms with Crippen LogP contribution in [0.25, 0.3) is 21.1 Å². The number of amides is 1. The number of rotatable bonds is 4. The highest BCUT2D eigenvalue weighted by molar-refractivity contribution is 7.19. The van der Waals surface area contributed by atoms with Crippen LogP contribution in [0.15, 0.2) is 59.4 Å². The van der Waals surface area contributed by atoms with Crippen LogP contribution in [0.5, 0.6) is 0 Å². The highest BCUT2D eigenvalue weighted by atomic mass is 32.1.